The van der Waals surface area contributed by atoms with E-state index in [0.29, 0.717) is 37.4 Å². The van der Waals surface area contributed by atoms with Gasteiger partial charge in [-0.05, 0) is 18.6 Å². The van der Waals surface area contributed by atoms with Crippen LogP contribution in [0.25, 0.3) is 5.65 Å². The van der Waals surface area contributed by atoms with Gasteiger partial charge in [-0.15, -0.1) is 0 Å². The van der Waals surface area contributed by atoms with Crippen molar-refractivity contribution >= 4 is 5.65 Å². The zero-order valence-corrected chi connectivity index (χ0v) is 11.3. The van der Waals surface area contributed by atoms with Gasteiger partial charge in [0.05, 0.1) is 12.3 Å². The van der Waals surface area contributed by atoms with Gasteiger partial charge in [-0.25, -0.2) is 4.98 Å². The Morgan fingerprint density at radius 2 is 2.05 bits per heavy atom. The summed E-state index contributed by atoms with van der Waals surface area (Å²) >= 11 is 0. The van der Waals surface area contributed by atoms with Gasteiger partial charge in [0.1, 0.15) is 5.65 Å². The maximum absolute atomic E-state index is 12.0. The molecule has 108 valence electrons. The zero-order chi connectivity index (χ0) is 14.4. The molecule has 2 N–H and O–H groups in total. The van der Waals surface area contributed by atoms with Gasteiger partial charge < -0.3 is 10.2 Å². The molecule has 2 rings (SSSR count). The fourth-order valence-electron chi connectivity index (χ4n) is 2.12. The van der Waals surface area contributed by atoms with Crippen molar-refractivity contribution in [1.29, 1.82) is 0 Å². The van der Waals surface area contributed by atoms with Gasteiger partial charge in [0.2, 0.25) is 0 Å². The Hall–Kier alpha value is -1.76. The van der Waals surface area contributed by atoms with Crippen molar-refractivity contribution < 1.29 is 10.2 Å². The minimum atomic E-state index is -0.114. The molecule has 0 radical (unpaired) electrons. The standard InChI is InChI=1S/C14H19N3O3/c18-8-3-5-16(7-9-19)11-12-10-14(20)17-6-2-1-4-13(17)15-12/h1-2,4,6,10,18-19H,3,5,7-9,11H2. The summed E-state index contributed by atoms with van der Waals surface area (Å²) in [6.45, 7) is 1.79. The lowest BCUT2D eigenvalue weighted by Gasteiger charge is -2.20. The summed E-state index contributed by atoms with van der Waals surface area (Å²) in [7, 11) is 0. The Bertz CT molecular complexity index is 612. The van der Waals surface area contributed by atoms with Gasteiger partial charge in [0, 0.05) is 38.5 Å². The number of aromatic nitrogens is 2. The van der Waals surface area contributed by atoms with Gasteiger partial charge in [-0.3, -0.25) is 14.1 Å². The highest BCUT2D eigenvalue weighted by atomic mass is 16.3. The highest BCUT2D eigenvalue weighted by Crippen LogP contribution is 2.03. The fraction of sp³-hybridized carbons (Fsp3) is 0.429. The van der Waals surface area contributed by atoms with Crippen LogP contribution in [0.5, 0.6) is 0 Å². The average molecular weight is 277 g/mol. The molecule has 0 amide bonds. The van der Waals surface area contributed by atoms with Gasteiger partial charge in [0.15, 0.2) is 0 Å². The van der Waals surface area contributed by atoms with Crippen LogP contribution in [0.4, 0.5) is 0 Å². The smallest absolute Gasteiger partial charge is 0.258 e. The monoisotopic (exact) mass is 277 g/mol. The second kappa shape index (κ2) is 7.14. The number of rotatable bonds is 7. The van der Waals surface area contributed by atoms with Crippen molar-refractivity contribution in [2.24, 2.45) is 0 Å². The summed E-state index contributed by atoms with van der Waals surface area (Å²) in [4.78, 5) is 18.4. The summed E-state index contributed by atoms with van der Waals surface area (Å²) in [6.07, 6.45) is 2.32. The van der Waals surface area contributed by atoms with E-state index >= 15 is 0 Å². The minimum Gasteiger partial charge on any atom is -0.396 e. The van der Waals surface area contributed by atoms with E-state index in [2.05, 4.69) is 4.98 Å². The van der Waals surface area contributed by atoms with Crippen LogP contribution in [-0.4, -0.2) is 50.8 Å². The number of hydrogen-bond acceptors (Lipinski definition) is 5. The first-order valence-corrected chi connectivity index (χ1v) is 6.66. The fourth-order valence-corrected chi connectivity index (χ4v) is 2.12. The molecule has 0 aliphatic carbocycles. The topological polar surface area (TPSA) is 78.1 Å². The highest BCUT2D eigenvalue weighted by molar-refractivity contribution is 5.37. The van der Waals surface area contributed by atoms with Crippen molar-refractivity contribution in [3.8, 4) is 0 Å². The molecule has 0 saturated heterocycles. The van der Waals surface area contributed by atoms with Crippen molar-refractivity contribution in [3.05, 3.63) is 46.5 Å². The van der Waals surface area contributed by atoms with E-state index in [4.69, 9.17) is 10.2 Å². The number of pyridine rings is 1. The third-order valence-corrected chi connectivity index (χ3v) is 3.06. The minimum absolute atomic E-state index is 0.0397. The predicted molar refractivity (Wildman–Crippen MR) is 75.5 cm³/mol. The normalized spacial score (nSPS) is 11.3. The first-order valence-electron chi connectivity index (χ1n) is 6.66. The van der Waals surface area contributed by atoms with Gasteiger partial charge >= 0.3 is 0 Å². The third-order valence-electron chi connectivity index (χ3n) is 3.06. The lowest BCUT2D eigenvalue weighted by molar-refractivity contribution is 0.173. The Morgan fingerprint density at radius 1 is 1.20 bits per heavy atom. The Labute approximate surface area is 116 Å². The Balaban J connectivity index is 2.21. The molecule has 20 heavy (non-hydrogen) atoms. The molecular weight excluding hydrogens is 258 g/mol. The van der Waals surface area contributed by atoms with Crippen LogP contribution in [0, 0.1) is 0 Å². The number of aliphatic hydroxyl groups excluding tert-OH is 2. The van der Waals surface area contributed by atoms with Gasteiger partial charge in [0.25, 0.3) is 5.56 Å². The maximum atomic E-state index is 12.0. The lowest BCUT2D eigenvalue weighted by atomic mass is 10.3. The lowest BCUT2D eigenvalue weighted by Crippen LogP contribution is -2.29. The van der Waals surface area contributed by atoms with Gasteiger partial charge in [-0.1, -0.05) is 6.07 Å². The van der Waals surface area contributed by atoms with E-state index in [1.54, 1.807) is 18.3 Å². The largest absolute Gasteiger partial charge is 0.396 e. The molecule has 0 aliphatic heterocycles. The third kappa shape index (κ3) is 3.63. The summed E-state index contributed by atoms with van der Waals surface area (Å²) in [5.74, 6) is 0. The zero-order valence-electron chi connectivity index (χ0n) is 11.3. The second-order valence-corrected chi connectivity index (χ2v) is 4.59. The molecule has 2 heterocycles. The Kier molecular flexibility index (Phi) is 5.23. The molecule has 0 fully saturated rings. The number of fused-ring (bicyclic) bond motifs is 1. The van der Waals surface area contributed by atoms with Crippen LogP contribution < -0.4 is 5.56 Å². The van der Waals surface area contributed by atoms with Crippen LogP contribution in [0.15, 0.2) is 35.3 Å². The molecular formula is C14H19N3O3. The van der Waals surface area contributed by atoms with E-state index in [9.17, 15) is 4.79 Å². The molecule has 2 aromatic heterocycles. The van der Waals surface area contributed by atoms with Crippen LogP contribution in [0.2, 0.25) is 0 Å². The van der Waals surface area contributed by atoms with Crippen molar-refractivity contribution in [2.75, 3.05) is 26.3 Å². The molecule has 2 aromatic rings. The van der Waals surface area contributed by atoms with Crippen molar-refractivity contribution in [1.82, 2.24) is 14.3 Å². The van der Waals surface area contributed by atoms with E-state index in [0.717, 1.165) is 0 Å². The Morgan fingerprint density at radius 3 is 2.80 bits per heavy atom. The van der Waals surface area contributed by atoms with Crippen molar-refractivity contribution in [2.45, 2.75) is 13.0 Å². The molecule has 0 unspecified atom stereocenters. The van der Waals surface area contributed by atoms with Crippen molar-refractivity contribution in [3.63, 3.8) is 0 Å². The van der Waals surface area contributed by atoms with Crippen LogP contribution in [0.1, 0.15) is 12.1 Å². The molecule has 0 saturated carbocycles. The van der Waals surface area contributed by atoms with E-state index < -0.39 is 0 Å². The van der Waals surface area contributed by atoms with Crippen LogP contribution in [-0.2, 0) is 6.54 Å². The molecule has 0 bridgehead atoms. The summed E-state index contributed by atoms with van der Waals surface area (Å²) < 4.78 is 1.49. The van der Waals surface area contributed by atoms with E-state index in [-0.39, 0.29) is 18.8 Å². The second-order valence-electron chi connectivity index (χ2n) is 4.59. The first-order chi connectivity index (χ1) is 9.74. The molecule has 0 aromatic carbocycles. The molecule has 6 heteroatoms. The van der Waals surface area contributed by atoms with E-state index in [1.165, 1.54) is 10.5 Å². The number of hydrogen-bond donors (Lipinski definition) is 2. The number of aliphatic hydroxyl groups is 2. The summed E-state index contributed by atoms with van der Waals surface area (Å²) in [6, 6.07) is 6.92. The SMILES string of the molecule is O=c1cc(CN(CCO)CCCO)nc2ccccn12. The molecule has 0 spiro atoms. The van der Waals surface area contributed by atoms with Crippen LogP contribution >= 0.6 is 0 Å². The summed E-state index contributed by atoms with van der Waals surface area (Å²) in [5.41, 5.74) is 1.17. The average Bonchev–Trinajstić information content (AvgIpc) is 2.45. The first kappa shape index (κ1) is 14.6. The van der Waals surface area contributed by atoms with E-state index in [1.807, 2.05) is 11.0 Å². The highest BCUT2D eigenvalue weighted by Gasteiger charge is 2.08. The molecule has 0 atom stereocenters. The molecule has 0 aliphatic rings. The van der Waals surface area contributed by atoms with Gasteiger partial charge in [-0.2, -0.15) is 0 Å². The molecule has 6 nitrogen and oxygen atoms in total. The quantitative estimate of drug-likeness (QED) is 0.737. The van der Waals surface area contributed by atoms with Crippen LogP contribution in [0.3, 0.4) is 0 Å². The summed E-state index contributed by atoms with van der Waals surface area (Å²) in [5, 5.41) is 17.9. The number of nitrogens with zero attached hydrogens (tertiary/aromatic N) is 3. The maximum Gasteiger partial charge on any atom is 0.258 e. The predicted octanol–water partition coefficient (Wildman–Crippen LogP) is -0.129.